The first-order valence-electron chi connectivity index (χ1n) is 15.7. The van der Waals surface area contributed by atoms with Crippen molar-refractivity contribution in [3.63, 3.8) is 0 Å². The van der Waals surface area contributed by atoms with Crippen molar-refractivity contribution in [3.05, 3.63) is 40.7 Å². The number of nitrogens with one attached hydrogen (secondary N) is 1. The largest absolute Gasteiger partial charge is 0.492 e. The summed E-state index contributed by atoms with van der Waals surface area (Å²) >= 11 is 5.81. The van der Waals surface area contributed by atoms with Gasteiger partial charge in [-0.1, -0.05) is 49.9 Å². The molecular weight excluding hydrogens is 632 g/mol. The summed E-state index contributed by atoms with van der Waals surface area (Å²) < 4.78 is 5.92. The van der Waals surface area contributed by atoms with Gasteiger partial charge in [0.1, 0.15) is 24.7 Å². The van der Waals surface area contributed by atoms with Crippen LogP contribution in [-0.4, -0.2) is 111 Å². The lowest BCUT2D eigenvalue weighted by molar-refractivity contribution is -0.127. The van der Waals surface area contributed by atoms with Crippen LogP contribution in [0.1, 0.15) is 61.5 Å². The Balaban J connectivity index is 1.78. The van der Waals surface area contributed by atoms with E-state index in [0.717, 1.165) is 50.5 Å². The summed E-state index contributed by atoms with van der Waals surface area (Å²) in [6, 6.07) is 7.72. The Morgan fingerprint density at radius 3 is 2.43 bits per heavy atom. The van der Waals surface area contributed by atoms with Crippen LogP contribution in [-0.2, 0) is 11.2 Å². The first-order valence-corrected chi connectivity index (χ1v) is 16.1. The molecule has 0 radical (unpaired) electrons. The zero-order valence-corrected chi connectivity index (χ0v) is 27.6. The summed E-state index contributed by atoms with van der Waals surface area (Å²) in [5.41, 5.74) is 17.9. The zero-order chi connectivity index (χ0) is 34.8. The third kappa shape index (κ3) is 14.0. The fraction of sp³-hybridized carbons (Fsp3) is 0.581. The molecule has 1 amide bonds. The van der Waals surface area contributed by atoms with Crippen molar-refractivity contribution in [2.45, 2.75) is 70.2 Å². The minimum Gasteiger partial charge on any atom is -0.492 e. The number of nitrogens with two attached hydrogens (primary N) is 3. The van der Waals surface area contributed by atoms with E-state index in [4.69, 9.17) is 33.5 Å². The van der Waals surface area contributed by atoms with Gasteiger partial charge < -0.3 is 47.2 Å². The molecule has 0 spiro atoms. The van der Waals surface area contributed by atoms with Gasteiger partial charge in [0.05, 0.1) is 24.7 Å². The fourth-order valence-corrected chi connectivity index (χ4v) is 4.78. The molecule has 1 aromatic carbocycles. The molecule has 262 valence electrons. The maximum Gasteiger partial charge on any atom is 0.280 e. The maximum absolute atomic E-state index is 12.3. The number of aromatic nitrogens is 2. The van der Waals surface area contributed by atoms with E-state index in [1.165, 1.54) is 0 Å². The van der Waals surface area contributed by atoms with Gasteiger partial charge in [0.2, 0.25) is 0 Å². The Hall–Kier alpha value is -3.60. The monoisotopic (exact) mass is 680 g/mol. The number of ether oxygens (including phenoxy) is 1. The van der Waals surface area contributed by atoms with E-state index >= 15 is 0 Å². The van der Waals surface area contributed by atoms with E-state index in [9.17, 15) is 30.0 Å². The number of aryl methyl sites for hydroxylation is 1. The number of aliphatic hydroxyl groups excluding tert-OH is 4. The van der Waals surface area contributed by atoms with E-state index < -0.39 is 36.7 Å². The van der Waals surface area contributed by atoms with Gasteiger partial charge >= 0.3 is 0 Å². The summed E-state index contributed by atoms with van der Waals surface area (Å²) in [5.74, 6) is -1.52. The van der Waals surface area contributed by atoms with Crippen LogP contribution in [0.2, 0.25) is 5.15 Å². The Kier molecular flexibility index (Phi) is 17.9. The number of hydrogen-bond donors (Lipinski definition) is 8. The van der Waals surface area contributed by atoms with Gasteiger partial charge in [-0.3, -0.25) is 20.0 Å². The van der Waals surface area contributed by atoms with Gasteiger partial charge in [0.15, 0.2) is 28.4 Å². The second-order valence-corrected chi connectivity index (χ2v) is 11.6. The molecule has 1 aromatic heterocycles. The number of amides is 1. The summed E-state index contributed by atoms with van der Waals surface area (Å²) in [5, 5.41) is 42.5. The van der Waals surface area contributed by atoms with E-state index in [-0.39, 0.29) is 35.0 Å². The predicted molar refractivity (Wildman–Crippen MR) is 180 cm³/mol. The predicted octanol–water partition coefficient (Wildman–Crippen LogP) is 0.513. The first kappa shape index (κ1) is 39.6. The van der Waals surface area contributed by atoms with Crippen molar-refractivity contribution in [1.82, 2.24) is 20.2 Å². The molecule has 15 nitrogen and oxygen atoms in total. The lowest BCUT2D eigenvalue weighted by Gasteiger charge is -2.30. The normalized spacial score (nSPS) is 14.4. The van der Waals surface area contributed by atoms with E-state index in [2.05, 4.69) is 27.2 Å². The highest BCUT2D eigenvalue weighted by Crippen LogP contribution is 2.18. The Labute approximate surface area is 280 Å². The minimum absolute atomic E-state index is 0.0759. The van der Waals surface area contributed by atoms with Crippen LogP contribution in [0.4, 0.5) is 11.6 Å². The van der Waals surface area contributed by atoms with E-state index in [1.807, 2.05) is 29.2 Å². The average molecular weight is 681 g/mol. The highest BCUT2D eigenvalue weighted by molar-refractivity contribution is 6.31. The van der Waals surface area contributed by atoms with Crippen molar-refractivity contribution in [1.29, 1.82) is 0 Å². The number of unbranched alkanes of at least 4 members (excludes halogenated alkanes) is 4. The molecule has 0 saturated carbocycles. The number of rotatable bonds is 22. The molecule has 16 heteroatoms. The lowest BCUT2D eigenvalue weighted by atomic mass is 9.96. The van der Waals surface area contributed by atoms with Crippen LogP contribution >= 0.6 is 11.6 Å². The molecule has 1 heterocycles. The standard InChI is InChI=1S/C31H49ClN8O7/c1-2-3-4-7-14-40(17-23(43)26(45)25(44)21(18-41)19-42)15-16-47-22-11-9-20(10-12-22)8-5-6-13-36-31(35)39-30(46)24-28(33)38-29(34)27(32)37-24/h9-12,18,21,23,25-26,42-45H,2-8,13-17,19H2,1H3,(H4,33,34,38)(H3,35,36,39,46)/t21-,23+,25+,26-/m0/s1. The van der Waals surface area contributed by atoms with Gasteiger partial charge in [0, 0.05) is 19.6 Å². The molecule has 0 aliphatic heterocycles. The fourth-order valence-electron chi connectivity index (χ4n) is 4.65. The summed E-state index contributed by atoms with van der Waals surface area (Å²) in [7, 11) is 0. The molecule has 11 N–H and O–H groups in total. The Morgan fingerprint density at radius 2 is 1.77 bits per heavy atom. The van der Waals surface area contributed by atoms with Crippen molar-refractivity contribution < 1.29 is 34.8 Å². The number of carbonyl (C=O) groups is 2. The van der Waals surface area contributed by atoms with E-state index in [0.29, 0.717) is 38.3 Å². The Bertz CT molecular complexity index is 1270. The number of nitrogens with zero attached hydrogens (tertiary/aromatic N) is 4. The molecule has 0 unspecified atom stereocenters. The quantitative estimate of drug-likeness (QED) is 0.0365. The summed E-state index contributed by atoms with van der Waals surface area (Å²) in [6.45, 7) is 3.46. The summed E-state index contributed by atoms with van der Waals surface area (Å²) in [6.07, 6.45) is 2.36. The molecule has 0 fully saturated rings. The SMILES string of the molecule is CCCCCCN(CCOc1ccc(CCCCN=C(N)NC(=O)c2nc(Cl)c(N)nc2N)cc1)C[C@@H](O)[C@H](O)[C@H](O)[C@@H](C=O)CO. The van der Waals surface area contributed by atoms with Crippen molar-refractivity contribution >= 4 is 41.4 Å². The van der Waals surface area contributed by atoms with Crippen LogP contribution in [0.3, 0.4) is 0 Å². The van der Waals surface area contributed by atoms with Crippen LogP contribution < -0.4 is 27.3 Å². The van der Waals surface area contributed by atoms with Crippen LogP contribution in [0, 0.1) is 5.92 Å². The number of carbonyl (C=O) groups excluding carboxylic acids is 2. The molecular formula is C31H49ClN8O7. The molecule has 0 bridgehead atoms. The Morgan fingerprint density at radius 1 is 1.04 bits per heavy atom. The topological polar surface area (TPSA) is 256 Å². The van der Waals surface area contributed by atoms with Crippen molar-refractivity contribution in [2.75, 3.05) is 50.9 Å². The first-order chi connectivity index (χ1) is 22.5. The lowest BCUT2D eigenvalue weighted by Crippen LogP contribution is -2.49. The number of hydrogen-bond acceptors (Lipinski definition) is 13. The number of aliphatic hydroxyl groups is 4. The molecule has 2 aromatic rings. The summed E-state index contributed by atoms with van der Waals surface area (Å²) in [4.78, 5) is 37.1. The highest BCUT2D eigenvalue weighted by Gasteiger charge is 2.31. The van der Waals surface area contributed by atoms with Gasteiger partial charge in [-0.05, 0) is 49.9 Å². The van der Waals surface area contributed by atoms with Gasteiger partial charge in [-0.15, -0.1) is 0 Å². The molecule has 4 atom stereocenters. The van der Waals surface area contributed by atoms with Gasteiger partial charge in [-0.25, -0.2) is 9.97 Å². The van der Waals surface area contributed by atoms with Crippen molar-refractivity contribution in [3.8, 4) is 5.75 Å². The van der Waals surface area contributed by atoms with Crippen LogP contribution in [0.5, 0.6) is 5.75 Å². The molecule has 2 rings (SSSR count). The molecule has 0 aliphatic carbocycles. The van der Waals surface area contributed by atoms with Gasteiger partial charge in [0.25, 0.3) is 5.91 Å². The smallest absolute Gasteiger partial charge is 0.280 e. The zero-order valence-electron chi connectivity index (χ0n) is 26.8. The number of anilines is 2. The second-order valence-electron chi connectivity index (χ2n) is 11.2. The van der Waals surface area contributed by atoms with Crippen molar-refractivity contribution in [2.24, 2.45) is 16.6 Å². The number of benzene rings is 1. The highest BCUT2D eigenvalue weighted by atomic mass is 35.5. The van der Waals surface area contributed by atoms with Gasteiger partial charge in [-0.2, -0.15) is 0 Å². The van der Waals surface area contributed by atoms with Crippen LogP contribution in [0.25, 0.3) is 0 Å². The molecule has 47 heavy (non-hydrogen) atoms. The molecule has 0 aliphatic rings. The second kappa shape index (κ2) is 21.3. The van der Waals surface area contributed by atoms with E-state index in [1.54, 1.807) is 0 Å². The third-order valence-electron chi connectivity index (χ3n) is 7.46. The number of guanidine groups is 1. The third-order valence-corrected chi connectivity index (χ3v) is 7.74. The molecule has 0 saturated heterocycles. The number of aliphatic imine (C=N–C) groups is 1. The minimum atomic E-state index is -1.58. The average Bonchev–Trinajstić information content (AvgIpc) is 3.05. The van der Waals surface area contributed by atoms with Crippen LogP contribution in [0.15, 0.2) is 29.3 Å². The number of nitrogen functional groups attached to an aromatic ring is 2. The number of halogens is 1. The number of aldehydes is 1. The maximum atomic E-state index is 12.3.